The molecule has 2 aromatic heterocycles. The summed E-state index contributed by atoms with van der Waals surface area (Å²) in [7, 11) is 0. The second kappa shape index (κ2) is 10.4. The van der Waals surface area contributed by atoms with Crippen LogP contribution in [0.15, 0.2) is 48.7 Å². The molecule has 9 heteroatoms. The van der Waals surface area contributed by atoms with Crippen LogP contribution in [-0.4, -0.2) is 72.5 Å². The number of para-hydroxylation sites is 1. The van der Waals surface area contributed by atoms with Crippen molar-refractivity contribution in [2.75, 3.05) is 37.7 Å². The molecule has 0 bridgehead atoms. The van der Waals surface area contributed by atoms with Gasteiger partial charge in [0.15, 0.2) is 0 Å². The molecule has 0 aliphatic carbocycles. The highest BCUT2D eigenvalue weighted by Gasteiger charge is 2.35. The zero-order valence-electron chi connectivity index (χ0n) is 21.9. The maximum absolute atomic E-state index is 10.9. The second-order valence-corrected chi connectivity index (χ2v) is 11.4. The van der Waals surface area contributed by atoms with Gasteiger partial charge in [-0.05, 0) is 51.4 Å². The van der Waals surface area contributed by atoms with Crippen LogP contribution in [0.5, 0.6) is 0 Å². The first-order valence-electron chi connectivity index (χ1n) is 13.3. The van der Waals surface area contributed by atoms with E-state index in [9.17, 15) is 10.2 Å². The second-order valence-electron chi connectivity index (χ2n) is 10.2. The van der Waals surface area contributed by atoms with Crippen LogP contribution in [0.3, 0.4) is 0 Å². The fraction of sp³-hybridized carbons (Fsp3) is 0.414. The van der Waals surface area contributed by atoms with Crippen molar-refractivity contribution in [3.63, 3.8) is 0 Å². The Morgan fingerprint density at radius 3 is 2.47 bits per heavy atom. The third-order valence-corrected chi connectivity index (χ3v) is 8.79. The standard InChI is InChI=1S/C29H34N6O2S/c1-19-27(20(2)35(33-19)23-10-12-30-13-11-23)26-18-31-25-5-3-4-24(28(25)32-26)21-6-8-22(9-7-21)29(36,37)34-14-16-38-17-15-34/h3-9,18,23,30,36-37H,10-17H2,1-2H3. The van der Waals surface area contributed by atoms with Gasteiger partial charge in [0.2, 0.25) is 0 Å². The van der Waals surface area contributed by atoms with Crippen molar-refractivity contribution in [2.24, 2.45) is 0 Å². The fourth-order valence-corrected chi connectivity index (χ4v) is 6.66. The Morgan fingerprint density at radius 2 is 1.74 bits per heavy atom. The van der Waals surface area contributed by atoms with Crippen molar-refractivity contribution in [1.29, 1.82) is 0 Å². The molecule has 0 unspecified atom stereocenters. The normalized spacial score (nSPS) is 17.8. The van der Waals surface area contributed by atoms with Gasteiger partial charge in [-0.2, -0.15) is 16.9 Å². The molecule has 0 radical (unpaired) electrons. The summed E-state index contributed by atoms with van der Waals surface area (Å²) in [5.41, 5.74) is 7.99. The van der Waals surface area contributed by atoms with Gasteiger partial charge in [-0.3, -0.25) is 9.67 Å². The predicted molar refractivity (Wildman–Crippen MR) is 152 cm³/mol. The van der Waals surface area contributed by atoms with E-state index in [0.29, 0.717) is 24.7 Å². The molecular weight excluding hydrogens is 496 g/mol. The van der Waals surface area contributed by atoms with Crippen LogP contribution in [0.1, 0.15) is 35.8 Å². The number of aromatic nitrogens is 4. The highest BCUT2D eigenvalue weighted by Crippen LogP contribution is 2.34. The number of nitrogens with zero attached hydrogens (tertiary/aromatic N) is 5. The minimum atomic E-state index is -1.98. The summed E-state index contributed by atoms with van der Waals surface area (Å²) < 4.78 is 2.18. The molecule has 4 aromatic rings. The summed E-state index contributed by atoms with van der Waals surface area (Å²) in [5, 5.41) is 30.1. The molecule has 2 fully saturated rings. The van der Waals surface area contributed by atoms with Crippen LogP contribution in [0.25, 0.3) is 33.4 Å². The van der Waals surface area contributed by atoms with Crippen LogP contribution in [0, 0.1) is 13.8 Å². The number of aryl methyl sites for hydroxylation is 1. The van der Waals surface area contributed by atoms with E-state index >= 15 is 0 Å². The van der Waals surface area contributed by atoms with Crippen LogP contribution in [0.4, 0.5) is 0 Å². The van der Waals surface area contributed by atoms with Crippen molar-refractivity contribution in [3.8, 4) is 22.4 Å². The quantitative estimate of drug-likeness (QED) is 0.335. The third kappa shape index (κ3) is 4.63. The third-order valence-electron chi connectivity index (χ3n) is 7.84. The van der Waals surface area contributed by atoms with E-state index < -0.39 is 5.91 Å². The minimum Gasteiger partial charge on any atom is -0.349 e. The van der Waals surface area contributed by atoms with E-state index in [2.05, 4.69) is 16.9 Å². The molecule has 8 nitrogen and oxygen atoms in total. The largest absolute Gasteiger partial charge is 0.349 e. The first kappa shape index (κ1) is 25.5. The molecule has 2 aliphatic heterocycles. The van der Waals surface area contributed by atoms with Gasteiger partial charge in [0, 0.05) is 47.0 Å². The van der Waals surface area contributed by atoms with Gasteiger partial charge in [0.05, 0.1) is 34.7 Å². The zero-order chi connectivity index (χ0) is 26.3. The lowest BCUT2D eigenvalue weighted by Gasteiger charge is -2.37. The molecule has 2 aromatic carbocycles. The Hall–Kier alpha value is -2.82. The van der Waals surface area contributed by atoms with Gasteiger partial charge in [0.1, 0.15) is 0 Å². The maximum atomic E-state index is 10.9. The Morgan fingerprint density at radius 1 is 1.00 bits per heavy atom. The Kier molecular flexibility index (Phi) is 6.96. The molecule has 3 N–H and O–H groups in total. The highest BCUT2D eigenvalue weighted by atomic mass is 32.2. The first-order valence-corrected chi connectivity index (χ1v) is 14.5. The summed E-state index contributed by atoms with van der Waals surface area (Å²) in [4.78, 5) is 11.6. The number of nitrogens with one attached hydrogen (secondary N) is 1. The van der Waals surface area contributed by atoms with Crippen molar-refractivity contribution in [3.05, 3.63) is 65.6 Å². The van der Waals surface area contributed by atoms with Crippen molar-refractivity contribution in [1.82, 2.24) is 30.0 Å². The Labute approximate surface area is 227 Å². The molecule has 38 heavy (non-hydrogen) atoms. The van der Waals surface area contributed by atoms with Crippen LogP contribution >= 0.6 is 11.8 Å². The summed E-state index contributed by atoms with van der Waals surface area (Å²) in [5.74, 6) is -0.184. The predicted octanol–water partition coefficient (Wildman–Crippen LogP) is 3.85. The van der Waals surface area contributed by atoms with Gasteiger partial charge >= 0.3 is 0 Å². The number of fused-ring (bicyclic) bond motifs is 1. The maximum Gasteiger partial charge on any atom is 0.253 e. The molecule has 4 heterocycles. The number of aliphatic hydroxyl groups is 2. The summed E-state index contributed by atoms with van der Waals surface area (Å²) >= 11 is 1.84. The number of thioether (sulfide) groups is 1. The number of hydrogen-bond donors (Lipinski definition) is 3. The lowest BCUT2D eigenvalue weighted by atomic mass is 10.0. The average Bonchev–Trinajstić information content (AvgIpc) is 3.26. The zero-order valence-corrected chi connectivity index (χ0v) is 22.7. The van der Waals surface area contributed by atoms with E-state index in [1.807, 2.05) is 55.2 Å². The Bertz CT molecular complexity index is 1440. The minimum absolute atomic E-state index is 0.403. The number of benzene rings is 2. The molecule has 0 amide bonds. The van der Waals surface area contributed by atoms with Gasteiger partial charge in [-0.1, -0.05) is 36.4 Å². The van der Waals surface area contributed by atoms with Gasteiger partial charge in [-0.15, -0.1) is 0 Å². The Balaban J connectivity index is 1.36. The molecule has 0 atom stereocenters. The van der Waals surface area contributed by atoms with Crippen molar-refractivity contribution >= 4 is 22.8 Å². The highest BCUT2D eigenvalue weighted by molar-refractivity contribution is 7.99. The van der Waals surface area contributed by atoms with E-state index in [1.165, 1.54) is 0 Å². The smallest absolute Gasteiger partial charge is 0.253 e. The SMILES string of the molecule is Cc1nn(C2CCNCC2)c(C)c1-c1cnc2cccc(-c3ccc(C(O)(O)N4CCSCC4)cc3)c2n1. The summed E-state index contributed by atoms with van der Waals surface area (Å²) in [6, 6.07) is 13.9. The lowest BCUT2D eigenvalue weighted by Crippen LogP contribution is -2.49. The topological polar surface area (TPSA) is 99.3 Å². The number of rotatable bonds is 5. The van der Waals surface area contributed by atoms with E-state index in [-0.39, 0.29) is 0 Å². The lowest BCUT2D eigenvalue weighted by molar-refractivity contribution is -0.273. The van der Waals surface area contributed by atoms with E-state index in [4.69, 9.17) is 15.1 Å². The van der Waals surface area contributed by atoms with Crippen LogP contribution in [-0.2, 0) is 5.91 Å². The van der Waals surface area contributed by atoms with Gasteiger partial charge in [-0.25, -0.2) is 9.88 Å². The molecule has 2 aliphatic rings. The van der Waals surface area contributed by atoms with Gasteiger partial charge in [0.25, 0.3) is 5.91 Å². The molecule has 6 rings (SSSR count). The molecule has 0 saturated carbocycles. The van der Waals surface area contributed by atoms with Crippen molar-refractivity contribution < 1.29 is 10.2 Å². The average molecular weight is 531 g/mol. The fourth-order valence-electron chi connectivity index (χ4n) is 5.76. The first-order chi connectivity index (χ1) is 18.4. The van der Waals surface area contributed by atoms with E-state index in [1.54, 1.807) is 17.0 Å². The molecule has 0 spiro atoms. The summed E-state index contributed by atoms with van der Waals surface area (Å²) in [6.45, 7) is 7.50. The monoisotopic (exact) mass is 530 g/mol. The number of piperidine rings is 1. The number of hydrogen-bond acceptors (Lipinski definition) is 8. The van der Waals surface area contributed by atoms with Crippen molar-refractivity contribution in [2.45, 2.75) is 38.6 Å². The summed E-state index contributed by atoms with van der Waals surface area (Å²) in [6.07, 6.45) is 4.00. The van der Waals surface area contributed by atoms with Crippen LogP contribution in [0.2, 0.25) is 0 Å². The molecule has 2 saturated heterocycles. The van der Waals surface area contributed by atoms with E-state index in [0.717, 1.165) is 82.2 Å². The van der Waals surface area contributed by atoms with Gasteiger partial charge < -0.3 is 15.5 Å². The molecule has 198 valence electrons. The molecular formula is C29H34N6O2S. The van der Waals surface area contributed by atoms with Crippen LogP contribution < -0.4 is 5.32 Å².